The monoisotopic (exact) mass is 374 g/mol. The largest absolute Gasteiger partial charge is 0.478 e. The first kappa shape index (κ1) is 19.9. The molecule has 0 atom stereocenters. The van der Waals surface area contributed by atoms with Crippen molar-refractivity contribution in [3.05, 3.63) is 59.7 Å². The Morgan fingerprint density at radius 2 is 1.64 bits per heavy atom. The topological polar surface area (TPSA) is 37.3 Å². The molecule has 0 aliphatic rings. The van der Waals surface area contributed by atoms with Gasteiger partial charge in [0.05, 0.1) is 5.56 Å². The summed E-state index contributed by atoms with van der Waals surface area (Å²) in [6, 6.07) is 15.8. The molecule has 0 fully saturated rings. The molecular formula is C21H26O2S2. The molecule has 0 radical (unpaired) electrons. The van der Waals surface area contributed by atoms with Crippen molar-refractivity contribution in [1.82, 2.24) is 0 Å². The van der Waals surface area contributed by atoms with Gasteiger partial charge in [0.2, 0.25) is 0 Å². The van der Waals surface area contributed by atoms with Crippen LogP contribution in [-0.2, 0) is 6.42 Å². The maximum absolute atomic E-state index is 11.5. The van der Waals surface area contributed by atoms with Crippen molar-refractivity contribution in [2.45, 2.75) is 61.7 Å². The third-order valence-corrected chi connectivity index (χ3v) is 6.50. The number of hydrogen-bond acceptors (Lipinski definition) is 3. The number of aryl methyl sites for hydroxylation is 1. The minimum atomic E-state index is -0.859. The van der Waals surface area contributed by atoms with E-state index in [9.17, 15) is 9.90 Å². The summed E-state index contributed by atoms with van der Waals surface area (Å²) in [6.45, 7) is 2.23. The van der Waals surface area contributed by atoms with Crippen LogP contribution >= 0.6 is 21.6 Å². The van der Waals surface area contributed by atoms with Gasteiger partial charge in [-0.05, 0) is 42.7 Å². The molecule has 25 heavy (non-hydrogen) atoms. The molecule has 0 aliphatic carbocycles. The van der Waals surface area contributed by atoms with Crippen LogP contribution in [0.2, 0.25) is 0 Å². The molecule has 134 valence electrons. The summed E-state index contributed by atoms with van der Waals surface area (Å²) in [4.78, 5) is 13.5. The minimum absolute atomic E-state index is 0.389. The van der Waals surface area contributed by atoms with Crippen LogP contribution in [0.3, 0.4) is 0 Å². The Hall–Kier alpha value is -1.39. The van der Waals surface area contributed by atoms with E-state index in [0.29, 0.717) is 5.56 Å². The molecule has 2 aromatic carbocycles. The first-order valence-corrected chi connectivity index (χ1v) is 11.1. The van der Waals surface area contributed by atoms with Crippen molar-refractivity contribution in [2.24, 2.45) is 0 Å². The van der Waals surface area contributed by atoms with Gasteiger partial charge in [0.1, 0.15) is 0 Å². The summed E-state index contributed by atoms with van der Waals surface area (Å²) < 4.78 is 0. The van der Waals surface area contributed by atoms with Crippen molar-refractivity contribution >= 4 is 27.6 Å². The Labute approximate surface area is 158 Å². The van der Waals surface area contributed by atoms with Crippen molar-refractivity contribution in [3.8, 4) is 0 Å². The lowest BCUT2D eigenvalue weighted by molar-refractivity contribution is 0.0693. The maximum Gasteiger partial charge on any atom is 0.336 e. The Kier molecular flexibility index (Phi) is 8.98. The van der Waals surface area contributed by atoms with E-state index >= 15 is 0 Å². The molecule has 4 heteroatoms. The number of aromatic carboxylic acids is 1. The minimum Gasteiger partial charge on any atom is -0.478 e. The second-order valence-corrected chi connectivity index (χ2v) is 8.38. The van der Waals surface area contributed by atoms with E-state index in [4.69, 9.17) is 0 Å². The average Bonchev–Trinajstić information content (AvgIpc) is 2.63. The van der Waals surface area contributed by atoms with Crippen LogP contribution in [0.4, 0.5) is 0 Å². The molecule has 0 spiro atoms. The highest BCUT2D eigenvalue weighted by Gasteiger charge is 2.12. The number of carboxylic acids is 1. The summed E-state index contributed by atoms with van der Waals surface area (Å²) in [6.07, 6.45) is 8.67. The average molecular weight is 375 g/mol. The van der Waals surface area contributed by atoms with Gasteiger partial charge in [-0.1, -0.05) is 84.9 Å². The number of carbonyl (C=O) groups is 1. The molecule has 2 aromatic rings. The molecule has 0 saturated heterocycles. The summed E-state index contributed by atoms with van der Waals surface area (Å²) >= 11 is 0. The van der Waals surface area contributed by atoms with E-state index in [1.807, 2.05) is 36.4 Å². The SMILES string of the molecule is CCCCCCCCc1ccc(C(=O)O)c(SSc2ccccc2)c1. The van der Waals surface area contributed by atoms with Gasteiger partial charge in [-0.15, -0.1) is 0 Å². The summed E-state index contributed by atoms with van der Waals surface area (Å²) in [7, 11) is 3.13. The third-order valence-electron chi connectivity index (χ3n) is 4.07. The Balaban J connectivity index is 1.94. The fourth-order valence-corrected chi connectivity index (χ4v) is 4.85. The van der Waals surface area contributed by atoms with Crippen molar-refractivity contribution in [3.63, 3.8) is 0 Å². The van der Waals surface area contributed by atoms with E-state index in [-0.39, 0.29) is 0 Å². The molecule has 0 aliphatic heterocycles. The lowest BCUT2D eigenvalue weighted by Crippen LogP contribution is -1.99. The highest BCUT2D eigenvalue weighted by atomic mass is 33.1. The zero-order valence-corrected chi connectivity index (χ0v) is 16.4. The molecule has 0 bridgehead atoms. The molecule has 0 unspecified atom stereocenters. The fraction of sp³-hybridized carbons (Fsp3) is 0.381. The number of carboxylic acid groups (broad SMARTS) is 1. The highest BCUT2D eigenvalue weighted by Crippen LogP contribution is 2.39. The van der Waals surface area contributed by atoms with E-state index in [1.165, 1.54) is 54.9 Å². The lowest BCUT2D eigenvalue weighted by atomic mass is 10.0. The summed E-state index contributed by atoms with van der Waals surface area (Å²) in [5, 5.41) is 9.43. The second kappa shape index (κ2) is 11.3. The van der Waals surface area contributed by atoms with E-state index in [2.05, 4.69) is 13.0 Å². The van der Waals surface area contributed by atoms with Crippen LogP contribution in [0.5, 0.6) is 0 Å². The maximum atomic E-state index is 11.5. The van der Waals surface area contributed by atoms with Crippen LogP contribution in [0, 0.1) is 0 Å². The fourth-order valence-electron chi connectivity index (χ4n) is 2.65. The van der Waals surface area contributed by atoms with E-state index in [0.717, 1.165) is 16.2 Å². The Bertz CT molecular complexity index is 656. The Morgan fingerprint density at radius 3 is 2.36 bits per heavy atom. The number of unbranched alkanes of at least 4 members (excludes halogenated alkanes) is 5. The number of rotatable bonds is 11. The van der Waals surface area contributed by atoms with Gasteiger partial charge < -0.3 is 5.11 Å². The van der Waals surface area contributed by atoms with Gasteiger partial charge in [-0.25, -0.2) is 4.79 Å². The van der Waals surface area contributed by atoms with Gasteiger partial charge in [0.15, 0.2) is 0 Å². The van der Waals surface area contributed by atoms with Gasteiger partial charge in [-0.3, -0.25) is 0 Å². The predicted octanol–water partition coefficient (Wildman–Crippen LogP) is 7.09. The van der Waals surface area contributed by atoms with Crippen LogP contribution < -0.4 is 0 Å². The van der Waals surface area contributed by atoms with Gasteiger partial charge in [0.25, 0.3) is 0 Å². The molecular weight excluding hydrogens is 348 g/mol. The molecule has 2 rings (SSSR count). The van der Waals surface area contributed by atoms with Gasteiger partial charge in [0, 0.05) is 9.79 Å². The standard InChI is InChI=1S/C21H26O2S2/c1-2-3-4-5-6-8-11-17-14-15-19(21(22)23)20(16-17)25-24-18-12-9-7-10-13-18/h7,9-10,12-16H,2-6,8,11H2,1H3,(H,22,23). The first-order valence-electron chi connectivity index (χ1n) is 8.96. The van der Waals surface area contributed by atoms with Crippen molar-refractivity contribution < 1.29 is 9.90 Å². The molecule has 0 aromatic heterocycles. The molecule has 1 N–H and O–H groups in total. The van der Waals surface area contributed by atoms with Crippen LogP contribution in [-0.4, -0.2) is 11.1 Å². The lowest BCUT2D eigenvalue weighted by Gasteiger charge is -2.09. The van der Waals surface area contributed by atoms with Gasteiger partial charge in [-0.2, -0.15) is 0 Å². The number of hydrogen-bond donors (Lipinski definition) is 1. The third kappa shape index (κ3) is 7.17. The van der Waals surface area contributed by atoms with E-state index < -0.39 is 5.97 Å². The van der Waals surface area contributed by atoms with Crippen LogP contribution in [0.15, 0.2) is 58.3 Å². The molecule has 2 nitrogen and oxygen atoms in total. The van der Waals surface area contributed by atoms with E-state index in [1.54, 1.807) is 16.9 Å². The predicted molar refractivity (Wildman–Crippen MR) is 109 cm³/mol. The zero-order valence-electron chi connectivity index (χ0n) is 14.7. The van der Waals surface area contributed by atoms with Gasteiger partial charge >= 0.3 is 5.97 Å². The van der Waals surface area contributed by atoms with Crippen molar-refractivity contribution in [1.29, 1.82) is 0 Å². The first-order chi connectivity index (χ1) is 12.2. The second-order valence-electron chi connectivity index (χ2n) is 6.13. The smallest absolute Gasteiger partial charge is 0.336 e. The van der Waals surface area contributed by atoms with Crippen LogP contribution in [0.1, 0.15) is 61.4 Å². The quantitative estimate of drug-likeness (QED) is 0.336. The molecule has 0 amide bonds. The Morgan fingerprint density at radius 1 is 0.920 bits per heavy atom. The number of benzene rings is 2. The van der Waals surface area contributed by atoms with Crippen LogP contribution in [0.25, 0.3) is 0 Å². The summed E-state index contributed by atoms with van der Waals surface area (Å²) in [5.74, 6) is -0.859. The van der Waals surface area contributed by atoms with Crippen molar-refractivity contribution in [2.75, 3.05) is 0 Å². The molecule has 0 heterocycles. The normalized spacial score (nSPS) is 10.8. The zero-order chi connectivity index (χ0) is 17.9. The summed E-state index contributed by atoms with van der Waals surface area (Å²) in [5.41, 5.74) is 1.62. The highest BCUT2D eigenvalue weighted by molar-refractivity contribution is 8.76. The molecule has 0 saturated carbocycles.